The number of carboxylic acid groups (broad SMARTS) is 1. The first-order chi connectivity index (χ1) is 28.2. The van der Waals surface area contributed by atoms with Crippen molar-refractivity contribution in [1.82, 2.24) is 23.9 Å². The van der Waals surface area contributed by atoms with E-state index in [1.165, 1.54) is 0 Å². The Balaban J connectivity index is 1.30. The summed E-state index contributed by atoms with van der Waals surface area (Å²) in [5.41, 5.74) is 10.7. The third-order valence-electron chi connectivity index (χ3n) is 11.6. The van der Waals surface area contributed by atoms with E-state index in [4.69, 9.17) is 37.8 Å². The van der Waals surface area contributed by atoms with Crippen molar-refractivity contribution in [2.24, 2.45) is 7.05 Å². The monoisotopic (exact) mass is 832 g/mol. The van der Waals surface area contributed by atoms with Crippen molar-refractivity contribution >= 4 is 62.6 Å². The summed E-state index contributed by atoms with van der Waals surface area (Å²) >= 11 is 13.6. The first kappa shape index (κ1) is 40.0. The third-order valence-corrected chi connectivity index (χ3v) is 12.5. The molecule has 0 aliphatic carbocycles. The molecule has 0 saturated heterocycles. The Labute approximate surface area is 352 Å². The van der Waals surface area contributed by atoms with Crippen LogP contribution in [0.5, 0.6) is 11.5 Å². The Morgan fingerprint density at radius 2 is 1.69 bits per heavy atom. The van der Waals surface area contributed by atoms with Crippen LogP contribution in [0.25, 0.3) is 32.9 Å². The van der Waals surface area contributed by atoms with Crippen LogP contribution in [-0.4, -0.2) is 61.1 Å². The molecule has 7 aromatic rings. The lowest BCUT2D eigenvalue weighted by atomic mass is 9.98. The minimum Gasteiger partial charge on any atom is -0.496 e. The highest BCUT2D eigenvalue weighted by atomic mass is 35.5. The number of amides is 1. The van der Waals surface area contributed by atoms with Crippen LogP contribution >= 0.6 is 23.2 Å². The molecule has 0 spiro atoms. The van der Waals surface area contributed by atoms with Gasteiger partial charge in [0.1, 0.15) is 22.9 Å². The second-order valence-electron chi connectivity index (χ2n) is 15.6. The van der Waals surface area contributed by atoms with Crippen LogP contribution in [-0.2, 0) is 20.0 Å². The summed E-state index contributed by atoms with van der Waals surface area (Å²) in [4.78, 5) is 34.7. The van der Waals surface area contributed by atoms with Crippen molar-refractivity contribution in [3.05, 3.63) is 122 Å². The van der Waals surface area contributed by atoms with Crippen molar-refractivity contribution in [2.45, 2.75) is 67.0 Å². The summed E-state index contributed by atoms with van der Waals surface area (Å²) in [6, 6.07) is 16.7. The van der Waals surface area contributed by atoms with Gasteiger partial charge in [-0.15, -0.1) is 0 Å². The predicted molar refractivity (Wildman–Crippen MR) is 233 cm³/mol. The van der Waals surface area contributed by atoms with E-state index in [0.717, 1.165) is 66.4 Å². The number of nitrogens with zero attached hydrogens (tertiary/aromatic N) is 6. The van der Waals surface area contributed by atoms with Gasteiger partial charge in [-0.1, -0.05) is 29.3 Å². The molecule has 59 heavy (non-hydrogen) atoms. The van der Waals surface area contributed by atoms with Gasteiger partial charge in [0.15, 0.2) is 0 Å². The zero-order valence-corrected chi connectivity index (χ0v) is 35.9. The van der Waals surface area contributed by atoms with Crippen molar-refractivity contribution < 1.29 is 24.2 Å². The van der Waals surface area contributed by atoms with E-state index >= 15 is 4.79 Å². The number of aryl methyl sites for hydroxylation is 6. The van der Waals surface area contributed by atoms with Crippen molar-refractivity contribution in [2.75, 3.05) is 25.2 Å². The summed E-state index contributed by atoms with van der Waals surface area (Å²) in [6.07, 6.45) is 2.88. The Bertz CT molecular complexity index is 2830. The first-order valence-corrected chi connectivity index (χ1v) is 20.4. The Hall–Kier alpha value is -5.78. The zero-order chi connectivity index (χ0) is 42.0. The largest absolute Gasteiger partial charge is 0.496 e. The second-order valence-corrected chi connectivity index (χ2v) is 16.4. The van der Waals surface area contributed by atoms with E-state index < -0.39 is 5.97 Å². The van der Waals surface area contributed by atoms with Gasteiger partial charge in [0.25, 0.3) is 5.91 Å². The van der Waals surface area contributed by atoms with Gasteiger partial charge in [-0.05, 0) is 125 Å². The lowest BCUT2D eigenvalue weighted by Gasteiger charge is -2.35. The smallest absolute Gasteiger partial charge is 0.352 e. The number of fused-ring (bicyclic) bond motifs is 4. The molecule has 1 amide bonds. The van der Waals surface area contributed by atoms with Gasteiger partial charge in [-0.3, -0.25) is 14.5 Å². The molecule has 0 bridgehead atoms. The van der Waals surface area contributed by atoms with Crippen LogP contribution in [0, 0.1) is 34.6 Å². The molecule has 3 aromatic carbocycles. The van der Waals surface area contributed by atoms with Gasteiger partial charge in [0.05, 0.1) is 53.4 Å². The number of benzene rings is 3. The number of aromatic carboxylic acids is 1. The molecule has 1 aliphatic rings. The molecule has 1 atom stereocenters. The van der Waals surface area contributed by atoms with Crippen LogP contribution in [0.1, 0.15) is 79.7 Å². The maximum Gasteiger partial charge on any atom is 0.352 e. The Morgan fingerprint density at radius 1 is 0.949 bits per heavy atom. The number of hydrogen-bond acceptors (Lipinski definition) is 6. The van der Waals surface area contributed by atoms with Crippen LogP contribution in [0.3, 0.4) is 0 Å². The van der Waals surface area contributed by atoms with Gasteiger partial charge >= 0.3 is 5.97 Å². The van der Waals surface area contributed by atoms with Crippen LogP contribution in [0.4, 0.5) is 5.69 Å². The minimum absolute atomic E-state index is 0.0638. The molecule has 8 rings (SSSR count). The standard InChI is InChI=1S/C46H46Cl2N6O5/c1-24-15-16-49-30(18-24)23-52-37(46(56)57)21-34-38(58-8)14-13-36(42(34)52)53-22-27(4)54-43-33(11-12-35(47)40(43)39-28(5)50-51(7)29(39)6)32(44(54)45(53)55)10-9-17-59-31-19-25(2)41(48)26(3)20-31/h11-16,18-21,27H,9-10,17,22-23H2,1-8H3,(H,56,57)/t27-/m1/s1. The van der Waals surface area contributed by atoms with Gasteiger partial charge in [-0.2, -0.15) is 5.10 Å². The summed E-state index contributed by atoms with van der Waals surface area (Å²) < 4.78 is 17.8. The molecule has 0 fully saturated rings. The van der Waals surface area contributed by atoms with Crippen LogP contribution in [0.2, 0.25) is 10.0 Å². The van der Waals surface area contributed by atoms with E-state index in [1.807, 2.05) is 88.8 Å². The van der Waals surface area contributed by atoms with E-state index in [-0.39, 0.29) is 24.2 Å². The normalized spacial score (nSPS) is 14.1. The lowest BCUT2D eigenvalue weighted by Crippen LogP contribution is -2.43. The Kier molecular flexibility index (Phi) is 10.5. The summed E-state index contributed by atoms with van der Waals surface area (Å²) in [5.74, 6) is -0.0550. The quantitative estimate of drug-likeness (QED) is 0.129. The Morgan fingerprint density at radius 3 is 2.36 bits per heavy atom. The molecule has 13 heteroatoms. The molecule has 0 radical (unpaired) electrons. The maximum absolute atomic E-state index is 15.5. The van der Waals surface area contributed by atoms with Gasteiger partial charge < -0.3 is 28.6 Å². The number of ether oxygens (including phenoxy) is 2. The highest BCUT2D eigenvalue weighted by molar-refractivity contribution is 6.35. The molecule has 304 valence electrons. The van der Waals surface area contributed by atoms with E-state index in [1.54, 1.807) is 34.9 Å². The number of anilines is 1. The molecule has 0 saturated carbocycles. The molecule has 11 nitrogen and oxygen atoms in total. The predicted octanol–water partition coefficient (Wildman–Crippen LogP) is 10.2. The van der Waals surface area contributed by atoms with Crippen LogP contribution < -0.4 is 14.4 Å². The molecule has 1 N–H and O–H groups in total. The van der Waals surface area contributed by atoms with Crippen molar-refractivity contribution in [3.8, 4) is 22.6 Å². The number of carbonyl (C=O) groups is 2. The first-order valence-electron chi connectivity index (χ1n) is 19.6. The average Bonchev–Trinajstić information content (AvgIpc) is 3.82. The van der Waals surface area contributed by atoms with Crippen LogP contribution in [0.15, 0.2) is 60.8 Å². The number of aromatic nitrogens is 5. The fourth-order valence-electron chi connectivity index (χ4n) is 8.86. The molecule has 0 unspecified atom stereocenters. The number of rotatable bonds is 11. The fraction of sp³-hybridized carbons (Fsp3) is 0.304. The molecule has 4 aromatic heterocycles. The van der Waals surface area contributed by atoms with Gasteiger partial charge in [-0.25, -0.2) is 4.79 Å². The van der Waals surface area contributed by atoms with Crippen molar-refractivity contribution in [3.63, 3.8) is 0 Å². The number of methoxy groups -OCH3 is 1. The highest BCUT2D eigenvalue weighted by Gasteiger charge is 2.38. The molecule has 1 aliphatic heterocycles. The lowest BCUT2D eigenvalue weighted by molar-refractivity contribution is 0.0686. The maximum atomic E-state index is 15.5. The SMILES string of the molecule is COc1ccc(N2C[C@@H](C)n3c(c(CCCOc4cc(C)c(Cl)c(C)c4)c4ccc(Cl)c(-c5c(C)nn(C)c5C)c43)C2=O)c2c1cc(C(=O)O)n2Cc1cc(C)ccn1. The minimum atomic E-state index is -1.10. The highest BCUT2D eigenvalue weighted by Crippen LogP contribution is 2.46. The van der Waals surface area contributed by atoms with Gasteiger partial charge in [0.2, 0.25) is 0 Å². The summed E-state index contributed by atoms with van der Waals surface area (Å²) in [6.45, 7) is 12.9. The number of pyridine rings is 1. The van der Waals surface area contributed by atoms with E-state index in [9.17, 15) is 9.90 Å². The number of carbonyl (C=O) groups excluding carboxylic acids is 1. The average molecular weight is 834 g/mol. The van der Waals surface area contributed by atoms with E-state index in [2.05, 4.69) is 16.5 Å². The van der Waals surface area contributed by atoms with Crippen molar-refractivity contribution in [1.29, 1.82) is 0 Å². The zero-order valence-electron chi connectivity index (χ0n) is 34.4. The summed E-state index contributed by atoms with van der Waals surface area (Å²) in [7, 11) is 3.48. The third kappa shape index (κ3) is 6.79. The number of carboxylic acids is 1. The number of halogens is 2. The summed E-state index contributed by atoms with van der Waals surface area (Å²) in [5, 5.41) is 18.1. The molecular weight excluding hydrogens is 787 g/mol. The molecule has 5 heterocycles. The van der Waals surface area contributed by atoms with E-state index in [0.29, 0.717) is 64.7 Å². The topological polar surface area (TPSA) is 117 Å². The molecular formula is C46H46Cl2N6O5. The number of hydrogen-bond donors (Lipinski definition) is 1. The fourth-order valence-corrected chi connectivity index (χ4v) is 9.21. The van der Waals surface area contributed by atoms with Gasteiger partial charge in [0, 0.05) is 58.4 Å². The second kappa shape index (κ2) is 15.4.